The predicted octanol–water partition coefficient (Wildman–Crippen LogP) is 0.0438. The summed E-state index contributed by atoms with van der Waals surface area (Å²) in [7, 11) is 1.87. The fourth-order valence-corrected chi connectivity index (χ4v) is 1.92. The first-order valence-corrected chi connectivity index (χ1v) is 6.57. The molecule has 0 radical (unpaired) electrons. The third-order valence-electron chi connectivity index (χ3n) is 3.09. The molecule has 106 valence electrons. The monoisotopic (exact) mass is 273 g/mol. The molecule has 6 nitrogen and oxygen atoms in total. The zero-order valence-corrected chi connectivity index (χ0v) is 11.5. The van der Waals surface area contributed by atoms with Gasteiger partial charge in [0.25, 0.3) is 0 Å². The van der Waals surface area contributed by atoms with Crippen molar-refractivity contribution in [2.45, 2.75) is 18.9 Å². The van der Waals surface area contributed by atoms with Gasteiger partial charge < -0.3 is 15.6 Å². The number of hydrogen-bond donors (Lipinski definition) is 2. The molecule has 6 heteroatoms. The van der Waals surface area contributed by atoms with E-state index in [2.05, 4.69) is 15.5 Å². The highest BCUT2D eigenvalue weighted by Gasteiger charge is 2.13. The van der Waals surface area contributed by atoms with E-state index in [0.717, 1.165) is 11.4 Å². The molecular weight excluding hydrogens is 254 g/mol. The molecular formula is C14H19N5O. The topological polar surface area (TPSA) is 85.8 Å². The van der Waals surface area contributed by atoms with Gasteiger partial charge in [0.1, 0.15) is 12.2 Å². The number of hydrogen-bond acceptors (Lipinski definition) is 4. The third kappa shape index (κ3) is 3.89. The maximum atomic E-state index is 11.9. The zero-order valence-electron chi connectivity index (χ0n) is 11.5. The number of aromatic nitrogens is 3. The molecule has 0 aliphatic heterocycles. The Bertz CT molecular complexity index is 552. The summed E-state index contributed by atoms with van der Waals surface area (Å²) in [5, 5.41) is 10.6. The van der Waals surface area contributed by atoms with Gasteiger partial charge in [0.2, 0.25) is 5.91 Å². The number of benzene rings is 1. The molecule has 20 heavy (non-hydrogen) atoms. The smallest absolute Gasteiger partial charge is 0.237 e. The Morgan fingerprint density at radius 1 is 1.40 bits per heavy atom. The van der Waals surface area contributed by atoms with Crippen LogP contribution in [-0.4, -0.2) is 33.3 Å². The molecule has 0 saturated carbocycles. The van der Waals surface area contributed by atoms with Gasteiger partial charge in [-0.1, -0.05) is 30.3 Å². The van der Waals surface area contributed by atoms with E-state index >= 15 is 0 Å². The zero-order chi connectivity index (χ0) is 14.4. The lowest BCUT2D eigenvalue weighted by atomic mass is 10.1. The number of nitrogens with zero attached hydrogens (tertiary/aromatic N) is 3. The van der Waals surface area contributed by atoms with Crippen LogP contribution in [-0.2, 0) is 24.7 Å². The number of nitrogens with one attached hydrogen (secondary N) is 1. The van der Waals surface area contributed by atoms with E-state index in [-0.39, 0.29) is 5.91 Å². The Morgan fingerprint density at radius 2 is 2.15 bits per heavy atom. The first kappa shape index (κ1) is 14.2. The fraction of sp³-hybridized carbons (Fsp3) is 0.357. The van der Waals surface area contributed by atoms with Gasteiger partial charge in [-0.15, -0.1) is 10.2 Å². The summed E-state index contributed by atoms with van der Waals surface area (Å²) in [4.78, 5) is 11.9. The van der Waals surface area contributed by atoms with Crippen LogP contribution in [0, 0.1) is 0 Å². The van der Waals surface area contributed by atoms with Crippen molar-refractivity contribution in [1.82, 2.24) is 20.1 Å². The van der Waals surface area contributed by atoms with Crippen LogP contribution in [0.15, 0.2) is 36.7 Å². The lowest BCUT2D eigenvalue weighted by Crippen LogP contribution is -2.42. The standard InChI is InChI=1S/C14H19N5O/c1-19-10-17-18-13(19)7-8-16-14(20)12(15)9-11-5-3-2-4-6-11/h2-6,10,12H,7-9,15H2,1H3,(H,16,20). The van der Waals surface area contributed by atoms with E-state index in [4.69, 9.17) is 5.73 Å². The Kier molecular flexibility index (Phi) is 4.84. The maximum absolute atomic E-state index is 11.9. The first-order valence-electron chi connectivity index (χ1n) is 6.57. The summed E-state index contributed by atoms with van der Waals surface area (Å²) in [6.07, 6.45) is 2.81. The van der Waals surface area contributed by atoms with Gasteiger partial charge in [0, 0.05) is 20.0 Å². The van der Waals surface area contributed by atoms with Crippen LogP contribution in [0.1, 0.15) is 11.4 Å². The Labute approximate surface area is 118 Å². The molecule has 0 saturated heterocycles. The molecule has 0 fully saturated rings. The van der Waals surface area contributed by atoms with Crippen molar-refractivity contribution in [2.75, 3.05) is 6.54 Å². The minimum Gasteiger partial charge on any atom is -0.354 e. The summed E-state index contributed by atoms with van der Waals surface area (Å²) < 4.78 is 1.83. The minimum atomic E-state index is -0.531. The van der Waals surface area contributed by atoms with Crippen LogP contribution in [0.3, 0.4) is 0 Å². The fourth-order valence-electron chi connectivity index (χ4n) is 1.92. The molecule has 1 heterocycles. The molecule has 1 aromatic heterocycles. The van der Waals surface area contributed by atoms with E-state index in [1.54, 1.807) is 6.33 Å². The highest BCUT2D eigenvalue weighted by atomic mass is 16.2. The Morgan fingerprint density at radius 3 is 2.80 bits per heavy atom. The molecule has 0 aliphatic rings. The Balaban J connectivity index is 1.76. The number of rotatable bonds is 6. The molecule has 2 rings (SSSR count). The largest absolute Gasteiger partial charge is 0.354 e. The number of carbonyl (C=O) groups excluding carboxylic acids is 1. The summed E-state index contributed by atoms with van der Waals surface area (Å²) in [6.45, 7) is 0.508. The minimum absolute atomic E-state index is 0.143. The van der Waals surface area contributed by atoms with Crippen molar-refractivity contribution in [3.05, 3.63) is 48.0 Å². The summed E-state index contributed by atoms with van der Waals surface area (Å²) in [5.41, 5.74) is 6.95. The van der Waals surface area contributed by atoms with Crippen LogP contribution in [0.25, 0.3) is 0 Å². The van der Waals surface area contributed by atoms with Gasteiger partial charge in [-0.2, -0.15) is 0 Å². The predicted molar refractivity (Wildman–Crippen MR) is 75.8 cm³/mol. The quantitative estimate of drug-likeness (QED) is 0.778. The van der Waals surface area contributed by atoms with Gasteiger partial charge in [0.15, 0.2) is 0 Å². The number of aryl methyl sites for hydroxylation is 1. The maximum Gasteiger partial charge on any atom is 0.237 e. The van der Waals surface area contributed by atoms with Crippen LogP contribution in [0.4, 0.5) is 0 Å². The normalized spacial score (nSPS) is 12.1. The van der Waals surface area contributed by atoms with Gasteiger partial charge in [-0.25, -0.2) is 0 Å². The number of amides is 1. The highest BCUT2D eigenvalue weighted by molar-refractivity contribution is 5.81. The van der Waals surface area contributed by atoms with E-state index in [1.165, 1.54) is 0 Å². The summed E-state index contributed by atoms with van der Waals surface area (Å²) in [6, 6.07) is 9.22. The third-order valence-corrected chi connectivity index (χ3v) is 3.09. The molecule has 1 atom stereocenters. The van der Waals surface area contributed by atoms with Gasteiger partial charge >= 0.3 is 0 Å². The van der Waals surface area contributed by atoms with Crippen molar-refractivity contribution in [1.29, 1.82) is 0 Å². The highest BCUT2D eigenvalue weighted by Crippen LogP contribution is 2.01. The molecule has 1 aromatic carbocycles. The second-order valence-corrected chi connectivity index (χ2v) is 4.70. The van der Waals surface area contributed by atoms with E-state index < -0.39 is 6.04 Å². The van der Waals surface area contributed by atoms with Crippen molar-refractivity contribution < 1.29 is 4.79 Å². The SMILES string of the molecule is Cn1cnnc1CCNC(=O)C(N)Cc1ccccc1. The second kappa shape index (κ2) is 6.81. The summed E-state index contributed by atoms with van der Waals surface area (Å²) >= 11 is 0. The lowest BCUT2D eigenvalue weighted by Gasteiger charge is -2.12. The molecule has 1 unspecified atom stereocenters. The van der Waals surface area contributed by atoms with Crippen molar-refractivity contribution in [3.63, 3.8) is 0 Å². The van der Waals surface area contributed by atoms with Gasteiger partial charge in [0.05, 0.1) is 6.04 Å². The number of carbonyl (C=O) groups is 1. The van der Waals surface area contributed by atoms with Crippen molar-refractivity contribution >= 4 is 5.91 Å². The van der Waals surface area contributed by atoms with Gasteiger partial charge in [-0.3, -0.25) is 4.79 Å². The van der Waals surface area contributed by atoms with Crippen LogP contribution >= 0.6 is 0 Å². The first-order chi connectivity index (χ1) is 9.66. The molecule has 2 aromatic rings. The summed E-state index contributed by atoms with van der Waals surface area (Å²) in [5.74, 6) is 0.693. The van der Waals surface area contributed by atoms with Crippen molar-refractivity contribution in [2.24, 2.45) is 12.8 Å². The van der Waals surface area contributed by atoms with Gasteiger partial charge in [-0.05, 0) is 12.0 Å². The van der Waals surface area contributed by atoms with Crippen LogP contribution in [0.5, 0.6) is 0 Å². The Hall–Kier alpha value is -2.21. The van der Waals surface area contributed by atoms with Crippen molar-refractivity contribution in [3.8, 4) is 0 Å². The van der Waals surface area contributed by atoms with E-state index in [9.17, 15) is 4.79 Å². The average molecular weight is 273 g/mol. The molecule has 0 bridgehead atoms. The van der Waals surface area contributed by atoms with E-state index in [0.29, 0.717) is 19.4 Å². The molecule has 0 aliphatic carbocycles. The second-order valence-electron chi connectivity index (χ2n) is 4.70. The average Bonchev–Trinajstić information content (AvgIpc) is 2.85. The van der Waals surface area contributed by atoms with Crippen LogP contribution in [0.2, 0.25) is 0 Å². The van der Waals surface area contributed by atoms with E-state index in [1.807, 2.05) is 41.9 Å². The molecule has 0 spiro atoms. The van der Waals surface area contributed by atoms with Crippen LogP contribution < -0.4 is 11.1 Å². The number of nitrogens with two attached hydrogens (primary N) is 1. The molecule has 3 N–H and O–H groups in total. The molecule has 1 amide bonds. The lowest BCUT2D eigenvalue weighted by molar-refractivity contribution is -0.122.